The van der Waals surface area contributed by atoms with Crippen LogP contribution in [0.3, 0.4) is 0 Å². The molecule has 1 N–H and O–H groups in total. The first-order chi connectivity index (χ1) is 9.20. The van der Waals surface area contributed by atoms with Gasteiger partial charge in [0.25, 0.3) is 0 Å². The molecule has 2 fully saturated rings. The highest BCUT2D eigenvalue weighted by Crippen LogP contribution is 2.26. The van der Waals surface area contributed by atoms with E-state index in [0.717, 1.165) is 25.0 Å². The third-order valence-electron chi connectivity index (χ3n) is 4.35. The number of hydrogen-bond acceptors (Lipinski definition) is 3. The van der Waals surface area contributed by atoms with Crippen LogP contribution in [0.1, 0.15) is 47.9 Å². The molecule has 0 spiro atoms. The smallest absolute Gasteiger partial charge is 0.0302 e. The number of nitrogens with zero attached hydrogens (tertiary/aromatic N) is 1. The van der Waals surface area contributed by atoms with Crippen molar-refractivity contribution in [1.82, 2.24) is 10.2 Å². The average Bonchev–Trinajstić information content (AvgIpc) is 3.13. The van der Waals surface area contributed by atoms with Gasteiger partial charge < -0.3 is 5.32 Å². The van der Waals surface area contributed by atoms with Crippen molar-refractivity contribution in [3.63, 3.8) is 0 Å². The lowest BCUT2D eigenvalue weighted by atomic mass is 10.00. The molecule has 1 atom stereocenters. The molecule has 0 amide bonds. The summed E-state index contributed by atoms with van der Waals surface area (Å²) in [4.78, 5) is 5.68. The van der Waals surface area contributed by atoms with Crippen molar-refractivity contribution < 1.29 is 0 Å². The van der Waals surface area contributed by atoms with Gasteiger partial charge in [0.15, 0.2) is 0 Å². The van der Waals surface area contributed by atoms with Crippen LogP contribution < -0.4 is 5.32 Å². The molecule has 2 nitrogen and oxygen atoms in total. The SMILES string of the molecule is Cc1sc(CNC2CC2)cc1CN1CCCC(C)C1. The third-order valence-corrected chi connectivity index (χ3v) is 5.44. The van der Waals surface area contributed by atoms with E-state index in [4.69, 9.17) is 0 Å². The summed E-state index contributed by atoms with van der Waals surface area (Å²) in [5.41, 5.74) is 1.56. The quantitative estimate of drug-likeness (QED) is 0.886. The Bertz CT molecular complexity index is 422. The van der Waals surface area contributed by atoms with Crippen LogP contribution in [0.5, 0.6) is 0 Å². The van der Waals surface area contributed by atoms with Crippen LogP contribution in [-0.4, -0.2) is 24.0 Å². The van der Waals surface area contributed by atoms with E-state index in [1.54, 1.807) is 5.56 Å². The summed E-state index contributed by atoms with van der Waals surface area (Å²) in [6.07, 6.45) is 5.54. The molecular formula is C16H26N2S. The summed E-state index contributed by atoms with van der Waals surface area (Å²) in [6.45, 7) is 9.48. The Morgan fingerprint density at radius 2 is 2.21 bits per heavy atom. The summed E-state index contributed by atoms with van der Waals surface area (Å²) in [6, 6.07) is 3.25. The Morgan fingerprint density at radius 3 is 2.95 bits per heavy atom. The second kappa shape index (κ2) is 5.94. The molecule has 3 heteroatoms. The summed E-state index contributed by atoms with van der Waals surface area (Å²) < 4.78 is 0. The zero-order valence-electron chi connectivity index (χ0n) is 12.2. The van der Waals surface area contributed by atoms with Crippen LogP contribution in [0.4, 0.5) is 0 Å². The summed E-state index contributed by atoms with van der Waals surface area (Å²) in [5.74, 6) is 0.878. The number of aryl methyl sites for hydroxylation is 1. The van der Waals surface area contributed by atoms with Gasteiger partial charge in [-0.05, 0) is 56.7 Å². The first-order valence-electron chi connectivity index (χ1n) is 7.74. The van der Waals surface area contributed by atoms with Crippen LogP contribution in [0.25, 0.3) is 0 Å². The first-order valence-corrected chi connectivity index (χ1v) is 8.56. The number of nitrogens with one attached hydrogen (secondary N) is 1. The van der Waals surface area contributed by atoms with E-state index in [1.807, 2.05) is 11.3 Å². The number of rotatable bonds is 5. The van der Waals surface area contributed by atoms with Gasteiger partial charge in [0.1, 0.15) is 0 Å². The van der Waals surface area contributed by atoms with Gasteiger partial charge in [-0.25, -0.2) is 0 Å². The zero-order chi connectivity index (χ0) is 13.2. The Hall–Kier alpha value is -0.380. The number of piperidine rings is 1. The molecule has 3 rings (SSSR count). The van der Waals surface area contributed by atoms with Crippen molar-refractivity contribution in [1.29, 1.82) is 0 Å². The molecule has 2 aliphatic rings. The zero-order valence-corrected chi connectivity index (χ0v) is 13.1. The molecule has 106 valence electrons. The summed E-state index contributed by atoms with van der Waals surface area (Å²) in [7, 11) is 0. The number of hydrogen-bond donors (Lipinski definition) is 1. The topological polar surface area (TPSA) is 15.3 Å². The molecule has 1 aliphatic heterocycles. The van der Waals surface area contributed by atoms with Gasteiger partial charge in [0.2, 0.25) is 0 Å². The van der Waals surface area contributed by atoms with E-state index in [0.29, 0.717) is 0 Å². The lowest BCUT2D eigenvalue weighted by Crippen LogP contribution is -2.33. The van der Waals surface area contributed by atoms with Gasteiger partial charge in [-0.2, -0.15) is 0 Å². The third kappa shape index (κ3) is 3.80. The van der Waals surface area contributed by atoms with Gasteiger partial charge in [0, 0.05) is 35.4 Å². The highest BCUT2D eigenvalue weighted by atomic mass is 32.1. The van der Waals surface area contributed by atoms with Crippen LogP contribution in [0.15, 0.2) is 6.07 Å². The fraction of sp³-hybridized carbons (Fsp3) is 0.750. The minimum atomic E-state index is 0.814. The maximum Gasteiger partial charge on any atom is 0.0302 e. The second-order valence-corrected chi connectivity index (χ2v) is 7.77. The predicted octanol–water partition coefficient (Wildman–Crippen LogP) is 3.54. The first kappa shape index (κ1) is 13.6. The van der Waals surface area contributed by atoms with Crippen LogP contribution >= 0.6 is 11.3 Å². The summed E-state index contributed by atoms with van der Waals surface area (Å²) >= 11 is 1.98. The fourth-order valence-corrected chi connectivity index (χ4v) is 4.04. The predicted molar refractivity (Wildman–Crippen MR) is 82.6 cm³/mol. The Morgan fingerprint density at radius 1 is 1.37 bits per heavy atom. The molecule has 1 aliphatic carbocycles. The molecule has 1 saturated carbocycles. The van der Waals surface area contributed by atoms with E-state index in [-0.39, 0.29) is 0 Å². The molecule has 19 heavy (non-hydrogen) atoms. The van der Waals surface area contributed by atoms with E-state index >= 15 is 0 Å². The largest absolute Gasteiger partial charge is 0.309 e. The minimum Gasteiger partial charge on any atom is -0.309 e. The highest BCUT2D eigenvalue weighted by molar-refractivity contribution is 7.12. The normalized spacial score (nSPS) is 24.8. The average molecular weight is 278 g/mol. The molecule has 1 aromatic rings. The van der Waals surface area contributed by atoms with Gasteiger partial charge in [-0.15, -0.1) is 11.3 Å². The van der Waals surface area contributed by atoms with Crippen molar-refractivity contribution >= 4 is 11.3 Å². The maximum atomic E-state index is 3.62. The standard InChI is InChI=1S/C16H26N2S/c1-12-4-3-7-18(10-12)11-14-8-16(19-13(14)2)9-17-15-5-6-15/h8,12,15,17H,3-7,9-11H2,1-2H3. The Kier molecular flexibility index (Phi) is 4.25. The number of thiophene rings is 1. The maximum absolute atomic E-state index is 3.62. The lowest BCUT2D eigenvalue weighted by Gasteiger charge is -2.30. The van der Waals surface area contributed by atoms with Gasteiger partial charge in [-0.3, -0.25) is 4.90 Å². The van der Waals surface area contributed by atoms with Crippen molar-refractivity contribution in [3.05, 3.63) is 21.4 Å². The molecule has 1 saturated heterocycles. The molecule has 0 bridgehead atoms. The fourth-order valence-electron chi connectivity index (χ4n) is 3.04. The van der Waals surface area contributed by atoms with E-state index in [2.05, 4.69) is 30.1 Å². The molecule has 1 aromatic heterocycles. The molecule has 1 unspecified atom stereocenters. The van der Waals surface area contributed by atoms with Crippen molar-refractivity contribution in [3.8, 4) is 0 Å². The van der Waals surface area contributed by atoms with E-state index in [9.17, 15) is 0 Å². The van der Waals surface area contributed by atoms with E-state index < -0.39 is 0 Å². The van der Waals surface area contributed by atoms with Gasteiger partial charge in [0.05, 0.1) is 0 Å². The van der Waals surface area contributed by atoms with Crippen molar-refractivity contribution in [2.45, 2.75) is 58.7 Å². The summed E-state index contributed by atoms with van der Waals surface area (Å²) in [5, 5.41) is 3.62. The molecular weight excluding hydrogens is 252 g/mol. The Labute approximate surface area is 121 Å². The second-order valence-electron chi connectivity index (χ2n) is 6.43. The molecule has 0 aromatic carbocycles. The van der Waals surface area contributed by atoms with Crippen LogP contribution in [-0.2, 0) is 13.1 Å². The van der Waals surface area contributed by atoms with Crippen molar-refractivity contribution in [2.75, 3.05) is 13.1 Å². The van der Waals surface area contributed by atoms with Gasteiger partial charge in [-0.1, -0.05) is 6.92 Å². The minimum absolute atomic E-state index is 0.814. The lowest BCUT2D eigenvalue weighted by molar-refractivity contribution is 0.176. The van der Waals surface area contributed by atoms with Crippen LogP contribution in [0, 0.1) is 12.8 Å². The van der Waals surface area contributed by atoms with Gasteiger partial charge >= 0.3 is 0 Å². The van der Waals surface area contributed by atoms with E-state index in [1.165, 1.54) is 48.5 Å². The molecule has 2 heterocycles. The number of likely N-dealkylation sites (tertiary alicyclic amines) is 1. The Balaban J connectivity index is 1.56. The molecule has 0 radical (unpaired) electrons. The van der Waals surface area contributed by atoms with Crippen molar-refractivity contribution in [2.24, 2.45) is 5.92 Å². The van der Waals surface area contributed by atoms with Crippen LogP contribution in [0.2, 0.25) is 0 Å². The highest BCUT2D eigenvalue weighted by Gasteiger charge is 2.21. The monoisotopic (exact) mass is 278 g/mol.